The largest absolute Gasteiger partial charge is 0.497 e. The Bertz CT molecular complexity index is 1080. The first-order valence-electron chi connectivity index (χ1n) is 10.6. The van der Waals surface area contributed by atoms with Crippen LogP contribution in [0.5, 0.6) is 11.5 Å². The van der Waals surface area contributed by atoms with Crippen LogP contribution in [0.3, 0.4) is 0 Å². The molecule has 0 N–H and O–H groups in total. The summed E-state index contributed by atoms with van der Waals surface area (Å²) in [6.45, 7) is 2.60. The lowest BCUT2D eigenvalue weighted by Crippen LogP contribution is -2.49. The van der Waals surface area contributed by atoms with Crippen LogP contribution in [-0.2, 0) is 18.4 Å². The van der Waals surface area contributed by atoms with Crippen molar-refractivity contribution in [3.05, 3.63) is 60.2 Å². The Kier molecular flexibility index (Phi) is 7.33. The number of halogens is 1. The third-order valence-electron chi connectivity index (χ3n) is 5.50. The lowest BCUT2D eigenvalue weighted by Gasteiger charge is -2.36. The number of benzene rings is 2. The summed E-state index contributed by atoms with van der Waals surface area (Å²) in [6, 6.07) is 14.0. The van der Waals surface area contributed by atoms with Gasteiger partial charge in [-0.25, -0.2) is 4.39 Å². The molecule has 0 bridgehead atoms. The number of hydrogen-bond donors (Lipinski definition) is 0. The van der Waals surface area contributed by atoms with Gasteiger partial charge >= 0.3 is 0 Å². The van der Waals surface area contributed by atoms with Crippen molar-refractivity contribution < 1.29 is 18.7 Å². The van der Waals surface area contributed by atoms with Gasteiger partial charge in [0.2, 0.25) is 5.91 Å². The molecule has 33 heavy (non-hydrogen) atoms. The Morgan fingerprint density at radius 3 is 2.42 bits per heavy atom. The first-order chi connectivity index (χ1) is 16.0. The number of thioether (sulfide) groups is 1. The zero-order valence-electron chi connectivity index (χ0n) is 18.6. The molecule has 2 aromatic carbocycles. The number of carbonyl (C=O) groups is 1. The molecule has 3 aromatic rings. The number of para-hydroxylation sites is 1. The van der Waals surface area contributed by atoms with Gasteiger partial charge in [0.15, 0.2) is 11.0 Å². The summed E-state index contributed by atoms with van der Waals surface area (Å²) in [4.78, 5) is 16.5. The van der Waals surface area contributed by atoms with Crippen molar-refractivity contribution in [2.45, 2.75) is 11.8 Å². The van der Waals surface area contributed by atoms with Crippen molar-refractivity contribution in [1.29, 1.82) is 0 Å². The van der Waals surface area contributed by atoms with Gasteiger partial charge < -0.3 is 23.8 Å². The van der Waals surface area contributed by atoms with Gasteiger partial charge in [0.25, 0.3) is 0 Å². The van der Waals surface area contributed by atoms with Crippen molar-refractivity contribution in [1.82, 2.24) is 19.7 Å². The van der Waals surface area contributed by atoms with E-state index < -0.39 is 0 Å². The number of ether oxygens (including phenoxy) is 2. The van der Waals surface area contributed by atoms with E-state index in [1.807, 2.05) is 51.7 Å². The Labute approximate surface area is 196 Å². The van der Waals surface area contributed by atoms with Gasteiger partial charge in [-0.1, -0.05) is 23.9 Å². The maximum absolute atomic E-state index is 14.0. The van der Waals surface area contributed by atoms with Crippen LogP contribution >= 0.6 is 11.8 Å². The predicted octanol–water partition coefficient (Wildman–Crippen LogP) is 2.98. The van der Waals surface area contributed by atoms with Gasteiger partial charge in [0, 0.05) is 33.2 Å². The van der Waals surface area contributed by atoms with Crippen molar-refractivity contribution in [2.24, 2.45) is 7.05 Å². The van der Waals surface area contributed by atoms with Crippen LogP contribution in [-0.4, -0.2) is 64.6 Å². The molecule has 0 saturated carbocycles. The Morgan fingerprint density at radius 1 is 1.03 bits per heavy atom. The van der Waals surface area contributed by atoms with Gasteiger partial charge in [0.05, 0.1) is 18.6 Å². The Hall–Kier alpha value is -3.27. The standard InChI is InChI=1S/C23H26FN5O3S/c1-27-21(15-32-18-9-7-17(31-2)8-10-18)25-26-23(27)33-16-22(30)29-13-11-28(12-14-29)20-6-4-3-5-19(20)24/h3-10H,11-16H2,1-2H3. The zero-order valence-corrected chi connectivity index (χ0v) is 19.4. The topological polar surface area (TPSA) is 72.7 Å². The smallest absolute Gasteiger partial charge is 0.233 e. The fourth-order valence-electron chi connectivity index (χ4n) is 3.54. The van der Waals surface area contributed by atoms with Gasteiger partial charge in [-0.05, 0) is 36.4 Å². The summed E-state index contributed by atoms with van der Waals surface area (Å²) in [5.41, 5.74) is 0.586. The second-order valence-corrected chi connectivity index (χ2v) is 8.47. The molecule has 4 rings (SSSR count). The summed E-state index contributed by atoms with van der Waals surface area (Å²) in [6.07, 6.45) is 0. The minimum atomic E-state index is -0.234. The highest BCUT2D eigenvalue weighted by Gasteiger charge is 2.23. The van der Waals surface area contributed by atoms with Crippen LogP contribution in [0.15, 0.2) is 53.7 Å². The highest BCUT2D eigenvalue weighted by Crippen LogP contribution is 2.22. The Balaban J connectivity index is 1.25. The SMILES string of the molecule is COc1ccc(OCc2nnc(SCC(=O)N3CCN(c4ccccc4F)CC3)n2C)cc1. The first-order valence-corrected chi connectivity index (χ1v) is 11.6. The quantitative estimate of drug-likeness (QED) is 0.468. The number of carbonyl (C=O) groups excluding carboxylic acids is 1. The normalized spacial score (nSPS) is 13.8. The maximum atomic E-state index is 14.0. The molecule has 1 aliphatic heterocycles. The van der Waals surface area contributed by atoms with Crippen LogP contribution in [0.1, 0.15) is 5.82 Å². The molecular formula is C23H26FN5O3S. The van der Waals surface area contributed by atoms with E-state index in [2.05, 4.69) is 10.2 Å². The summed E-state index contributed by atoms with van der Waals surface area (Å²) < 4.78 is 26.7. The monoisotopic (exact) mass is 471 g/mol. The number of piperazine rings is 1. The molecule has 1 saturated heterocycles. The molecule has 1 fully saturated rings. The number of anilines is 1. The van der Waals surface area contributed by atoms with Crippen molar-refractivity contribution in [3.63, 3.8) is 0 Å². The van der Waals surface area contributed by atoms with Crippen molar-refractivity contribution >= 4 is 23.4 Å². The van der Waals surface area contributed by atoms with Crippen LogP contribution < -0.4 is 14.4 Å². The number of amides is 1. The molecule has 1 aliphatic rings. The van der Waals surface area contributed by atoms with E-state index in [9.17, 15) is 9.18 Å². The van der Waals surface area contributed by atoms with Gasteiger partial charge in [0.1, 0.15) is 23.9 Å². The minimum Gasteiger partial charge on any atom is -0.497 e. The van der Waals surface area contributed by atoms with Crippen molar-refractivity contribution in [3.8, 4) is 11.5 Å². The van der Waals surface area contributed by atoms with Gasteiger partial charge in [-0.2, -0.15) is 0 Å². The van der Waals surface area contributed by atoms with Crippen LogP contribution in [0.4, 0.5) is 10.1 Å². The second-order valence-electron chi connectivity index (χ2n) is 7.53. The molecule has 0 radical (unpaired) electrons. The van der Waals surface area contributed by atoms with E-state index in [0.717, 1.165) is 5.75 Å². The Morgan fingerprint density at radius 2 is 1.73 bits per heavy atom. The minimum absolute atomic E-state index is 0.0345. The molecule has 1 amide bonds. The summed E-state index contributed by atoms with van der Waals surface area (Å²) in [5, 5.41) is 9.03. The molecular weight excluding hydrogens is 445 g/mol. The fourth-order valence-corrected chi connectivity index (χ4v) is 4.37. The lowest BCUT2D eigenvalue weighted by atomic mass is 10.2. The average Bonchev–Trinajstić information content (AvgIpc) is 3.21. The summed E-state index contributed by atoms with van der Waals surface area (Å²) in [7, 11) is 3.47. The van der Waals surface area contributed by atoms with Gasteiger partial charge in [-0.3, -0.25) is 4.79 Å². The molecule has 0 unspecified atom stereocenters. The van der Waals surface area contributed by atoms with Gasteiger partial charge in [-0.15, -0.1) is 10.2 Å². The second kappa shape index (κ2) is 10.6. The molecule has 0 atom stereocenters. The van der Waals surface area contributed by atoms with E-state index in [0.29, 0.717) is 48.6 Å². The number of rotatable bonds is 8. The number of hydrogen-bond acceptors (Lipinski definition) is 7. The molecule has 0 spiro atoms. The third kappa shape index (κ3) is 5.57. The fraction of sp³-hybridized carbons (Fsp3) is 0.348. The maximum Gasteiger partial charge on any atom is 0.233 e. The van der Waals surface area contributed by atoms with E-state index in [1.54, 1.807) is 19.2 Å². The molecule has 0 aliphatic carbocycles. The van der Waals surface area contributed by atoms with Crippen LogP contribution in [0.25, 0.3) is 0 Å². The van der Waals surface area contributed by atoms with Crippen LogP contribution in [0.2, 0.25) is 0 Å². The average molecular weight is 472 g/mol. The zero-order chi connectivity index (χ0) is 23.2. The summed E-state index contributed by atoms with van der Waals surface area (Å²) in [5.74, 6) is 2.20. The predicted molar refractivity (Wildman–Crippen MR) is 124 cm³/mol. The molecule has 10 heteroatoms. The molecule has 8 nitrogen and oxygen atoms in total. The van der Waals surface area contributed by atoms with E-state index >= 15 is 0 Å². The number of methoxy groups -OCH3 is 1. The highest BCUT2D eigenvalue weighted by atomic mass is 32.2. The van der Waals surface area contributed by atoms with Crippen LogP contribution in [0, 0.1) is 5.82 Å². The number of nitrogens with zero attached hydrogens (tertiary/aromatic N) is 5. The highest BCUT2D eigenvalue weighted by molar-refractivity contribution is 7.99. The van der Waals surface area contributed by atoms with Crippen molar-refractivity contribution in [2.75, 3.05) is 43.9 Å². The molecule has 2 heterocycles. The molecule has 174 valence electrons. The lowest BCUT2D eigenvalue weighted by molar-refractivity contribution is -0.128. The van der Waals surface area contributed by atoms with E-state index in [4.69, 9.17) is 9.47 Å². The van der Waals surface area contributed by atoms with E-state index in [-0.39, 0.29) is 24.1 Å². The summed E-state index contributed by atoms with van der Waals surface area (Å²) >= 11 is 1.35. The third-order valence-corrected chi connectivity index (χ3v) is 6.51. The molecule has 1 aromatic heterocycles. The van der Waals surface area contributed by atoms with E-state index in [1.165, 1.54) is 17.8 Å². The first kappa shape index (κ1) is 22.9. The number of aromatic nitrogens is 3.